The van der Waals surface area contributed by atoms with E-state index in [1.165, 1.54) is 0 Å². The summed E-state index contributed by atoms with van der Waals surface area (Å²) in [7, 11) is 1.76. The van der Waals surface area contributed by atoms with E-state index in [0.29, 0.717) is 25.1 Å². The lowest BCUT2D eigenvalue weighted by atomic mass is 10.00. The molecule has 1 saturated heterocycles. The summed E-state index contributed by atoms with van der Waals surface area (Å²) in [5.41, 5.74) is 1.51. The molecule has 0 aromatic heterocycles. The fourth-order valence-electron chi connectivity index (χ4n) is 3.19. The fourth-order valence-corrected chi connectivity index (χ4v) is 3.19. The Bertz CT molecular complexity index is 636. The van der Waals surface area contributed by atoms with Gasteiger partial charge >= 0.3 is 0 Å². The van der Waals surface area contributed by atoms with E-state index in [0.717, 1.165) is 31.2 Å². The molecule has 0 bridgehead atoms. The Kier molecular flexibility index (Phi) is 6.36. The summed E-state index contributed by atoms with van der Waals surface area (Å²) < 4.78 is 0. The molecule has 5 nitrogen and oxygen atoms in total. The minimum Gasteiger partial charge on any atom is -0.340 e. The fraction of sp³-hybridized carbons (Fsp3) is 0.526. The van der Waals surface area contributed by atoms with Crippen LogP contribution in [0.2, 0.25) is 0 Å². The van der Waals surface area contributed by atoms with E-state index in [-0.39, 0.29) is 17.9 Å². The number of piperidine rings is 1. The maximum atomic E-state index is 12.8. The third-order valence-corrected chi connectivity index (χ3v) is 4.42. The molecule has 1 fully saturated rings. The number of benzene rings is 1. The standard InChI is InChI=1S/C19H25N3O2/c1-3-7-18(23)22-11-5-4-10-17(22)19(24)21(2)14-16-9-6-8-15(12-16)13-20/h6,8-9,12,17H,3-5,7,10-11,14H2,1-2H3/t17-/m0/s1. The number of amides is 2. The molecule has 0 N–H and O–H groups in total. The monoisotopic (exact) mass is 327 g/mol. The van der Waals surface area contributed by atoms with Gasteiger partial charge in [0.05, 0.1) is 11.6 Å². The van der Waals surface area contributed by atoms with Crippen molar-refractivity contribution in [3.05, 3.63) is 35.4 Å². The molecule has 0 saturated carbocycles. The molecule has 0 radical (unpaired) electrons. The second kappa shape index (κ2) is 8.49. The molecule has 1 aromatic rings. The van der Waals surface area contributed by atoms with Crippen molar-refractivity contribution in [3.63, 3.8) is 0 Å². The van der Waals surface area contributed by atoms with Gasteiger partial charge in [-0.25, -0.2) is 0 Å². The molecule has 5 heteroatoms. The van der Waals surface area contributed by atoms with Crippen molar-refractivity contribution in [1.82, 2.24) is 9.80 Å². The number of nitrogens with zero attached hydrogens (tertiary/aromatic N) is 3. The topological polar surface area (TPSA) is 64.4 Å². The van der Waals surface area contributed by atoms with Crippen LogP contribution in [0.4, 0.5) is 0 Å². The first kappa shape index (κ1) is 18.0. The highest BCUT2D eigenvalue weighted by Gasteiger charge is 2.33. The molecule has 0 spiro atoms. The molecule has 1 aliphatic rings. The summed E-state index contributed by atoms with van der Waals surface area (Å²) in [5.74, 6) is 0.0666. The van der Waals surface area contributed by atoms with Gasteiger partial charge in [0.25, 0.3) is 0 Å². The van der Waals surface area contributed by atoms with Crippen LogP contribution >= 0.6 is 0 Å². The SMILES string of the molecule is CCCC(=O)N1CCCC[C@H]1C(=O)N(C)Cc1cccc(C#N)c1. The molecule has 1 aromatic carbocycles. The van der Waals surface area contributed by atoms with Crippen LogP contribution in [0.3, 0.4) is 0 Å². The maximum Gasteiger partial charge on any atom is 0.245 e. The summed E-state index contributed by atoms with van der Waals surface area (Å²) in [6, 6.07) is 9.04. The van der Waals surface area contributed by atoms with Crippen LogP contribution in [0.25, 0.3) is 0 Å². The van der Waals surface area contributed by atoms with Crippen molar-refractivity contribution >= 4 is 11.8 Å². The smallest absolute Gasteiger partial charge is 0.245 e. The van der Waals surface area contributed by atoms with Gasteiger partial charge in [-0.2, -0.15) is 5.26 Å². The quantitative estimate of drug-likeness (QED) is 0.835. The van der Waals surface area contributed by atoms with Gasteiger partial charge < -0.3 is 9.80 Å². The van der Waals surface area contributed by atoms with E-state index in [4.69, 9.17) is 5.26 Å². The lowest BCUT2D eigenvalue weighted by Gasteiger charge is -2.37. The first-order valence-corrected chi connectivity index (χ1v) is 8.60. The van der Waals surface area contributed by atoms with Crippen molar-refractivity contribution < 1.29 is 9.59 Å². The zero-order valence-electron chi connectivity index (χ0n) is 14.5. The van der Waals surface area contributed by atoms with Gasteiger partial charge in [-0.15, -0.1) is 0 Å². The van der Waals surface area contributed by atoms with Crippen molar-refractivity contribution in [2.75, 3.05) is 13.6 Å². The first-order valence-electron chi connectivity index (χ1n) is 8.60. The summed E-state index contributed by atoms with van der Waals surface area (Å²) in [5, 5.41) is 8.98. The van der Waals surface area contributed by atoms with E-state index >= 15 is 0 Å². The number of hydrogen-bond acceptors (Lipinski definition) is 3. The van der Waals surface area contributed by atoms with Crippen LogP contribution in [0.1, 0.15) is 50.2 Å². The van der Waals surface area contributed by atoms with E-state index in [1.54, 1.807) is 29.0 Å². The van der Waals surface area contributed by atoms with Crippen LogP contribution < -0.4 is 0 Å². The molecular weight excluding hydrogens is 302 g/mol. The largest absolute Gasteiger partial charge is 0.340 e. The van der Waals surface area contributed by atoms with Crippen molar-refractivity contribution in [1.29, 1.82) is 5.26 Å². The zero-order chi connectivity index (χ0) is 17.5. The second-order valence-electron chi connectivity index (χ2n) is 6.36. The molecular formula is C19H25N3O2. The van der Waals surface area contributed by atoms with Crippen LogP contribution in [0, 0.1) is 11.3 Å². The number of hydrogen-bond donors (Lipinski definition) is 0. The Balaban J connectivity index is 2.07. The first-order chi connectivity index (χ1) is 11.6. The highest BCUT2D eigenvalue weighted by molar-refractivity contribution is 5.87. The van der Waals surface area contributed by atoms with Gasteiger partial charge in [0, 0.05) is 26.6 Å². The third kappa shape index (κ3) is 4.35. The van der Waals surface area contributed by atoms with Gasteiger partial charge in [0.15, 0.2) is 0 Å². The predicted molar refractivity (Wildman–Crippen MR) is 91.9 cm³/mol. The van der Waals surface area contributed by atoms with Gasteiger partial charge in [-0.3, -0.25) is 9.59 Å². The van der Waals surface area contributed by atoms with Crippen LogP contribution in [0.5, 0.6) is 0 Å². The van der Waals surface area contributed by atoms with Gasteiger partial charge in [-0.05, 0) is 43.4 Å². The number of likely N-dealkylation sites (N-methyl/N-ethyl adjacent to an activating group) is 1. The van der Waals surface area contributed by atoms with Crippen molar-refractivity contribution in [3.8, 4) is 6.07 Å². The highest BCUT2D eigenvalue weighted by Crippen LogP contribution is 2.21. The molecule has 24 heavy (non-hydrogen) atoms. The summed E-state index contributed by atoms with van der Waals surface area (Å²) in [6.45, 7) is 3.10. The average Bonchev–Trinajstić information content (AvgIpc) is 2.61. The summed E-state index contributed by atoms with van der Waals surface area (Å²) in [4.78, 5) is 28.6. The summed E-state index contributed by atoms with van der Waals surface area (Å²) in [6.07, 6.45) is 3.97. The average molecular weight is 327 g/mol. The zero-order valence-corrected chi connectivity index (χ0v) is 14.5. The van der Waals surface area contributed by atoms with Crippen molar-refractivity contribution in [2.45, 2.75) is 51.6 Å². The van der Waals surface area contributed by atoms with Crippen LogP contribution in [-0.2, 0) is 16.1 Å². The second-order valence-corrected chi connectivity index (χ2v) is 6.36. The van der Waals surface area contributed by atoms with E-state index in [9.17, 15) is 9.59 Å². The molecule has 0 aliphatic carbocycles. The molecule has 128 valence electrons. The van der Waals surface area contributed by atoms with E-state index < -0.39 is 0 Å². The highest BCUT2D eigenvalue weighted by atomic mass is 16.2. The van der Waals surface area contributed by atoms with Gasteiger partial charge in [0.1, 0.15) is 6.04 Å². The molecule has 1 heterocycles. The number of carbonyl (C=O) groups is 2. The minimum absolute atomic E-state index is 0.0125. The lowest BCUT2D eigenvalue weighted by molar-refractivity contribution is -0.147. The predicted octanol–water partition coefficient (Wildman–Crippen LogP) is 2.70. The van der Waals surface area contributed by atoms with Crippen LogP contribution in [-0.4, -0.2) is 41.2 Å². The van der Waals surface area contributed by atoms with Crippen molar-refractivity contribution in [2.24, 2.45) is 0 Å². The number of rotatable bonds is 5. The molecule has 2 amide bonds. The van der Waals surface area contributed by atoms with Crippen LogP contribution in [0.15, 0.2) is 24.3 Å². The Labute approximate surface area is 143 Å². The Hall–Kier alpha value is -2.35. The molecule has 1 atom stereocenters. The molecule has 1 aliphatic heterocycles. The molecule has 2 rings (SSSR count). The van der Waals surface area contributed by atoms with E-state index in [1.807, 2.05) is 19.1 Å². The number of carbonyl (C=O) groups excluding carboxylic acids is 2. The molecule has 0 unspecified atom stereocenters. The number of nitriles is 1. The maximum absolute atomic E-state index is 12.8. The third-order valence-electron chi connectivity index (χ3n) is 4.42. The Morgan fingerprint density at radius 2 is 2.17 bits per heavy atom. The Morgan fingerprint density at radius 3 is 2.88 bits per heavy atom. The van der Waals surface area contributed by atoms with Gasteiger partial charge in [-0.1, -0.05) is 19.1 Å². The summed E-state index contributed by atoms with van der Waals surface area (Å²) >= 11 is 0. The lowest BCUT2D eigenvalue weighted by Crippen LogP contribution is -2.52. The minimum atomic E-state index is -0.345. The Morgan fingerprint density at radius 1 is 1.38 bits per heavy atom. The van der Waals surface area contributed by atoms with Gasteiger partial charge in [0.2, 0.25) is 11.8 Å². The van der Waals surface area contributed by atoms with E-state index in [2.05, 4.69) is 6.07 Å². The normalized spacial score (nSPS) is 17.2. The number of likely N-dealkylation sites (tertiary alicyclic amines) is 1.